The number of carbonyl (C=O) groups excluding carboxylic acids is 2. The van der Waals surface area contributed by atoms with Crippen LogP contribution >= 0.6 is 0 Å². The van der Waals surface area contributed by atoms with Crippen LogP contribution in [0.4, 0.5) is 28.0 Å². The zero-order valence-corrected chi connectivity index (χ0v) is 30.7. The number of halogens is 4. The van der Waals surface area contributed by atoms with E-state index < -0.39 is 93.0 Å². The highest BCUT2D eigenvalue weighted by molar-refractivity contribution is 7.90. The first-order chi connectivity index (χ1) is 25.2. The Bertz CT molecular complexity index is 1960. The van der Waals surface area contributed by atoms with Gasteiger partial charge in [-0.2, -0.15) is 0 Å². The molecule has 4 N–H and O–H groups in total. The number of nitrogens with zero attached hydrogens (tertiary/aromatic N) is 5. The van der Waals surface area contributed by atoms with Gasteiger partial charge in [-0.15, -0.1) is 0 Å². The van der Waals surface area contributed by atoms with E-state index in [1.807, 2.05) is 0 Å². The van der Waals surface area contributed by atoms with E-state index in [0.29, 0.717) is 18.9 Å². The highest BCUT2D eigenvalue weighted by Crippen LogP contribution is 2.33. The summed E-state index contributed by atoms with van der Waals surface area (Å²) in [5.74, 6) is -8.43. The molecule has 14 nitrogen and oxygen atoms in total. The van der Waals surface area contributed by atoms with Gasteiger partial charge in [0.05, 0.1) is 29.9 Å². The summed E-state index contributed by atoms with van der Waals surface area (Å²) in [4.78, 5) is 34.4. The molecule has 1 aliphatic rings. The van der Waals surface area contributed by atoms with Crippen LogP contribution in [0.25, 0.3) is 10.4 Å². The molecule has 3 atom stereocenters. The second-order valence-electron chi connectivity index (χ2n) is 14.2. The lowest BCUT2D eigenvalue weighted by atomic mass is 9.84. The fraction of sp³-hybridized carbons (Fsp3) is 0.457. The van der Waals surface area contributed by atoms with Crippen LogP contribution in [0.2, 0.25) is 0 Å². The minimum absolute atomic E-state index is 0.133. The summed E-state index contributed by atoms with van der Waals surface area (Å²) in [5.41, 5.74) is 8.05. The minimum atomic E-state index is -3.92. The van der Waals surface area contributed by atoms with Crippen LogP contribution in [0, 0.1) is 23.3 Å². The second kappa shape index (κ2) is 17.1. The maximum absolute atomic E-state index is 15.5. The quantitative estimate of drug-likeness (QED) is 0.0485. The highest BCUT2D eigenvalue weighted by Gasteiger charge is 2.39. The average molecular weight is 780 g/mol. The van der Waals surface area contributed by atoms with Gasteiger partial charge < -0.3 is 25.2 Å². The molecule has 54 heavy (non-hydrogen) atoms. The van der Waals surface area contributed by atoms with E-state index in [1.165, 1.54) is 12.1 Å². The highest BCUT2D eigenvalue weighted by atomic mass is 32.2. The number of rotatable bonds is 16. The van der Waals surface area contributed by atoms with Gasteiger partial charge in [0.15, 0.2) is 5.79 Å². The summed E-state index contributed by atoms with van der Waals surface area (Å²) in [6, 6.07) is 4.07. The van der Waals surface area contributed by atoms with Crippen LogP contribution in [0.15, 0.2) is 60.0 Å². The van der Waals surface area contributed by atoms with E-state index >= 15 is 4.39 Å². The van der Waals surface area contributed by atoms with E-state index in [0.717, 1.165) is 48.5 Å². The first-order valence-corrected chi connectivity index (χ1v) is 18.3. The number of aromatic nitrogens is 1. The number of hydrogen-bond acceptors (Lipinski definition) is 9. The number of pyridine rings is 1. The lowest BCUT2D eigenvalue weighted by molar-refractivity contribution is -0.157. The predicted molar refractivity (Wildman–Crippen MR) is 188 cm³/mol. The molecule has 1 aliphatic carbocycles. The summed E-state index contributed by atoms with van der Waals surface area (Å²) >= 11 is 0. The molecule has 2 amide bonds. The lowest BCUT2D eigenvalue weighted by Gasteiger charge is -2.33. The Kier molecular flexibility index (Phi) is 13.3. The molecule has 0 bridgehead atoms. The molecule has 2 aromatic carbocycles. The van der Waals surface area contributed by atoms with Crippen LogP contribution in [0.5, 0.6) is 0 Å². The van der Waals surface area contributed by atoms with Crippen molar-refractivity contribution in [3.05, 3.63) is 105 Å². The Hall–Kier alpha value is -4.81. The van der Waals surface area contributed by atoms with Gasteiger partial charge in [0.25, 0.3) is 0 Å². The number of hydrogen-bond donors (Lipinski definition) is 4. The Morgan fingerprint density at radius 2 is 1.65 bits per heavy atom. The van der Waals surface area contributed by atoms with Gasteiger partial charge in [-0.25, -0.2) is 35.5 Å². The summed E-state index contributed by atoms with van der Waals surface area (Å²) in [7, 11) is -3.92. The fourth-order valence-corrected chi connectivity index (χ4v) is 7.31. The molecule has 1 saturated carbocycles. The van der Waals surface area contributed by atoms with Crippen molar-refractivity contribution < 1.29 is 50.5 Å². The molecule has 3 aromatic rings. The molecular formula is C35H41F4N7O7S. The van der Waals surface area contributed by atoms with Crippen molar-refractivity contribution in [1.82, 2.24) is 14.6 Å². The zero-order valence-electron chi connectivity index (χ0n) is 29.8. The summed E-state index contributed by atoms with van der Waals surface area (Å²) in [6.07, 6.45) is 1.24. The van der Waals surface area contributed by atoms with Gasteiger partial charge >= 0.3 is 6.09 Å². The smallest absolute Gasteiger partial charge is 0.410 e. The summed E-state index contributed by atoms with van der Waals surface area (Å²) in [5, 5.41) is 25.6. The molecular weight excluding hydrogens is 738 g/mol. The molecule has 1 heterocycles. The van der Waals surface area contributed by atoms with Crippen molar-refractivity contribution >= 4 is 27.7 Å². The van der Waals surface area contributed by atoms with Crippen molar-refractivity contribution in [2.75, 3.05) is 18.4 Å². The topological polar surface area (TPSA) is 207 Å². The van der Waals surface area contributed by atoms with Gasteiger partial charge in [-0.3, -0.25) is 9.78 Å². The molecule has 4 rings (SSSR count). The maximum Gasteiger partial charge on any atom is 0.410 e. The van der Waals surface area contributed by atoms with Crippen molar-refractivity contribution in [2.45, 2.75) is 88.0 Å². The first kappa shape index (κ1) is 41.9. The Morgan fingerprint density at radius 3 is 2.20 bits per heavy atom. The summed E-state index contributed by atoms with van der Waals surface area (Å²) < 4.78 is 92.2. The molecule has 0 radical (unpaired) electrons. The van der Waals surface area contributed by atoms with Crippen molar-refractivity contribution in [3.63, 3.8) is 0 Å². The van der Waals surface area contributed by atoms with Gasteiger partial charge in [-0.1, -0.05) is 17.2 Å². The maximum atomic E-state index is 15.5. The normalized spacial score (nSPS) is 15.1. The number of ether oxygens (including phenoxy) is 1. The zero-order chi connectivity index (χ0) is 40.0. The number of nitrogens with one attached hydrogen (secondary N) is 2. The fourth-order valence-electron chi connectivity index (χ4n) is 5.71. The van der Waals surface area contributed by atoms with Crippen molar-refractivity contribution in [2.24, 2.45) is 5.11 Å². The van der Waals surface area contributed by atoms with Crippen LogP contribution in [-0.2, 0) is 26.0 Å². The van der Waals surface area contributed by atoms with E-state index in [9.17, 15) is 46.9 Å². The number of anilines is 1. The van der Waals surface area contributed by atoms with Crippen LogP contribution < -0.4 is 10.0 Å². The van der Waals surface area contributed by atoms with Crippen LogP contribution in [0.1, 0.15) is 69.6 Å². The number of sulfonamides is 1. The first-order valence-electron chi connectivity index (χ1n) is 16.8. The van der Waals surface area contributed by atoms with Crippen LogP contribution in [0.3, 0.4) is 0 Å². The van der Waals surface area contributed by atoms with Gasteiger partial charge in [0.2, 0.25) is 15.9 Å². The van der Waals surface area contributed by atoms with Gasteiger partial charge in [0.1, 0.15) is 34.9 Å². The minimum Gasteiger partial charge on any atom is -0.444 e. The third-order valence-corrected chi connectivity index (χ3v) is 10.1. The molecule has 0 unspecified atom stereocenters. The third kappa shape index (κ3) is 12.1. The van der Waals surface area contributed by atoms with E-state index in [2.05, 4.69) is 25.0 Å². The number of benzene rings is 2. The van der Waals surface area contributed by atoms with E-state index in [4.69, 9.17) is 4.74 Å². The molecule has 1 aromatic heterocycles. The number of amides is 2. The van der Waals surface area contributed by atoms with E-state index in [1.54, 1.807) is 20.8 Å². The van der Waals surface area contributed by atoms with Gasteiger partial charge in [0, 0.05) is 35.0 Å². The van der Waals surface area contributed by atoms with Crippen molar-refractivity contribution in [3.8, 4) is 0 Å². The second-order valence-corrected chi connectivity index (χ2v) is 16.2. The Morgan fingerprint density at radius 1 is 1.02 bits per heavy atom. The molecule has 0 aliphatic heterocycles. The number of azide groups is 1. The molecule has 0 saturated heterocycles. The van der Waals surface area contributed by atoms with E-state index in [-0.39, 0.29) is 35.2 Å². The lowest BCUT2D eigenvalue weighted by Crippen LogP contribution is -2.52. The van der Waals surface area contributed by atoms with Crippen molar-refractivity contribution in [1.29, 1.82) is 0 Å². The number of aliphatic hydroxyl groups is 2. The molecule has 0 spiro atoms. The molecule has 1 fully saturated rings. The third-order valence-electron chi connectivity index (χ3n) is 8.12. The average Bonchev–Trinajstić information content (AvgIpc) is 3.90. The van der Waals surface area contributed by atoms with Crippen LogP contribution in [-0.4, -0.2) is 82.3 Å². The largest absolute Gasteiger partial charge is 0.444 e. The Balaban J connectivity index is 1.67. The number of carbonyl (C=O) groups is 2. The predicted octanol–water partition coefficient (Wildman–Crippen LogP) is 5.41. The Labute approximate surface area is 309 Å². The summed E-state index contributed by atoms with van der Waals surface area (Å²) in [6.45, 7) is 4.65. The van der Waals surface area contributed by atoms with Gasteiger partial charge in [-0.05, 0) is 94.3 Å². The molecule has 292 valence electrons. The molecule has 19 heteroatoms. The monoisotopic (exact) mass is 779 g/mol. The SMILES string of the molecule is CC(O)(O)CN(C[C@H](CCc1c(F)cncc1NC(=O)[C@@H](N=[N+]=[N-])[C@@H](c1ccc(F)cc1)c1cc(F)cc(F)c1)NS(=O)(=O)C1CC1)C(=O)OC(C)(C)C. The standard InChI is InChI=1S/C35H41F4N7O7S/c1-34(2,3)53-33(48)46(19-35(4,49)50)18-25(44-54(51,52)26-10-11-26)9-12-27-28(39)16-41-17-29(27)42-32(47)31(43-45-40)30(20-5-7-22(36)8-6-20)21-13-23(37)15-24(38)14-21/h5-8,13-17,25-26,30-31,44,49-50H,9-12,18-19H2,1-4H3,(H,42,47)/t25-,30-,31-/m0/s1.